The van der Waals surface area contributed by atoms with Gasteiger partial charge in [0.1, 0.15) is 5.75 Å². The van der Waals surface area contributed by atoms with Crippen LogP contribution in [0.25, 0.3) is 0 Å². The van der Waals surface area contributed by atoms with Gasteiger partial charge in [0.2, 0.25) is 5.82 Å². The first-order chi connectivity index (χ1) is 9.97. The summed E-state index contributed by atoms with van der Waals surface area (Å²) in [7, 11) is 0. The van der Waals surface area contributed by atoms with Crippen LogP contribution < -0.4 is 5.32 Å². The monoisotopic (exact) mass is 290 g/mol. The SMILES string of the molecule is O=C(NCc1ccc(O)cc1)c1ccc([N+](=O)[O-])c(F)c1. The van der Waals surface area contributed by atoms with E-state index in [0.717, 1.165) is 17.7 Å². The lowest BCUT2D eigenvalue weighted by molar-refractivity contribution is -0.387. The highest BCUT2D eigenvalue weighted by molar-refractivity contribution is 5.94. The zero-order valence-corrected chi connectivity index (χ0v) is 10.7. The van der Waals surface area contributed by atoms with Gasteiger partial charge in [0.15, 0.2) is 0 Å². The van der Waals surface area contributed by atoms with E-state index >= 15 is 0 Å². The summed E-state index contributed by atoms with van der Waals surface area (Å²) >= 11 is 0. The maximum Gasteiger partial charge on any atom is 0.304 e. The fourth-order valence-electron chi connectivity index (χ4n) is 1.69. The number of aromatic hydroxyl groups is 1. The highest BCUT2D eigenvalue weighted by Gasteiger charge is 2.16. The lowest BCUT2D eigenvalue weighted by Gasteiger charge is -2.06. The van der Waals surface area contributed by atoms with E-state index < -0.39 is 22.3 Å². The van der Waals surface area contributed by atoms with Gasteiger partial charge in [-0.3, -0.25) is 14.9 Å². The maximum absolute atomic E-state index is 13.4. The fourth-order valence-corrected chi connectivity index (χ4v) is 1.69. The van der Waals surface area contributed by atoms with Crippen molar-refractivity contribution < 1.29 is 19.2 Å². The van der Waals surface area contributed by atoms with Gasteiger partial charge >= 0.3 is 5.69 Å². The topological polar surface area (TPSA) is 92.5 Å². The van der Waals surface area contributed by atoms with E-state index in [1.165, 1.54) is 18.2 Å². The van der Waals surface area contributed by atoms with Crippen molar-refractivity contribution >= 4 is 11.6 Å². The van der Waals surface area contributed by atoms with Gasteiger partial charge in [0, 0.05) is 18.2 Å². The number of nitrogens with one attached hydrogen (secondary N) is 1. The van der Waals surface area contributed by atoms with Crippen LogP contribution in [0, 0.1) is 15.9 Å². The van der Waals surface area contributed by atoms with Crippen molar-refractivity contribution in [3.63, 3.8) is 0 Å². The molecule has 108 valence electrons. The zero-order valence-electron chi connectivity index (χ0n) is 10.7. The summed E-state index contributed by atoms with van der Waals surface area (Å²) < 4.78 is 13.4. The molecule has 0 spiro atoms. The second-order valence-corrected chi connectivity index (χ2v) is 4.27. The van der Waals surface area contributed by atoms with Crippen molar-refractivity contribution in [2.24, 2.45) is 0 Å². The molecule has 0 radical (unpaired) electrons. The predicted octanol–water partition coefficient (Wildman–Crippen LogP) is 2.37. The molecule has 0 heterocycles. The number of halogens is 1. The van der Waals surface area contributed by atoms with E-state index in [1.54, 1.807) is 12.1 Å². The van der Waals surface area contributed by atoms with Crippen LogP contribution in [-0.4, -0.2) is 15.9 Å². The number of phenols is 1. The Balaban J connectivity index is 2.05. The minimum Gasteiger partial charge on any atom is -0.508 e. The first-order valence-corrected chi connectivity index (χ1v) is 5.97. The van der Waals surface area contributed by atoms with Crippen LogP contribution in [0.1, 0.15) is 15.9 Å². The van der Waals surface area contributed by atoms with Gasteiger partial charge in [-0.2, -0.15) is 4.39 Å². The molecule has 2 rings (SSSR count). The Bertz CT molecular complexity index is 686. The van der Waals surface area contributed by atoms with Crippen LogP contribution in [0.2, 0.25) is 0 Å². The molecule has 0 fully saturated rings. The van der Waals surface area contributed by atoms with Gasteiger partial charge in [0.25, 0.3) is 5.91 Å². The Labute approximate surface area is 119 Å². The average molecular weight is 290 g/mol. The molecule has 0 unspecified atom stereocenters. The second-order valence-electron chi connectivity index (χ2n) is 4.27. The third-order valence-corrected chi connectivity index (χ3v) is 2.80. The molecule has 1 amide bonds. The Morgan fingerprint density at radius 1 is 1.24 bits per heavy atom. The molecular weight excluding hydrogens is 279 g/mol. The molecule has 0 atom stereocenters. The molecule has 0 aliphatic heterocycles. The average Bonchev–Trinajstić information content (AvgIpc) is 2.45. The van der Waals surface area contributed by atoms with Crippen LogP contribution >= 0.6 is 0 Å². The van der Waals surface area contributed by atoms with E-state index in [4.69, 9.17) is 5.11 Å². The zero-order chi connectivity index (χ0) is 15.4. The van der Waals surface area contributed by atoms with E-state index in [1.807, 2.05) is 0 Å². The highest BCUT2D eigenvalue weighted by atomic mass is 19.1. The molecule has 7 heteroatoms. The number of rotatable bonds is 4. The molecule has 0 saturated heterocycles. The van der Waals surface area contributed by atoms with Gasteiger partial charge in [-0.05, 0) is 29.8 Å². The number of hydrogen-bond acceptors (Lipinski definition) is 4. The maximum atomic E-state index is 13.4. The van der Waals surface area contributed by atoms with Crippen LogP contribution in [-0.2, 0) is 6.54 Å². The molecule has 0 bridgehead atoms. The number of nitro groups is 1. The Morgan fingerprint density at radius 3 is 2.48 bits per heavy atom. The Morgan fingerprint density at radius 2 is 1.90 bits per heavy atom. The molecule has 2 aromatic rings. The molecule has 0 aromatic heterocycles. The predicted molar refractivity (Wildman–Crippen MR) is 72.3 cm³/mol. The standard InChI is InChI=1S/C14H11FN2O4/c15-12-7-10(3-6-13(12)17(20)21)14(19)16-8-9-1-4-11(18)5-2-9/h1-7,18H,8H2,(H,16,19). The van der Waals surface area contributed by atoms with Gasteiger partial charge in [-0.1, -0.05) is 12.1 Å². The molecule has 0 aliphatic rings. The number of amides is 1. The van der Waals surface area contributed by atoms with Crippen molar-refractivity contribution in [3.8, 4) is 5.75 Å². The van der Waals surface area contributed by atoms with Gasteiger partial charge in [-0.15, -0.1) is 0 Å². The lowest BCUT2D eigenvalue weighted by atomic mass is 10.1. The van der Waals surface area contributed by atoms with Crippen LogP contribution in [0.5, 0.6) is 5.75 Å². The van der Waals surface area contributed by atoms with Crippen molar-refractivity contribution in [1.29, 1.82) is 0 Å². The number of carbonyl (C=O) groups excluding carboxylic acids is 1. The number of phenolic OH excluding ortho intramolecular Hbond substituents is 1. The third kappa shape index (κ3) is 3.53. The number of nitro benzene ring substituents is 1. The largest absolute Gasteiger partial charge is 0.508 e. The lowest BCUT2D eigenvalue weighted by Crippen LogP contribution is -2.22. The number of benzene rings is 2. The summed E-state index contributed by atoms with van der Waals surface area (Å²) in [5, 5.41) is 22.2. The highest BCUT2D eigenvalue weighted by Crippen LogP contribution is 2.18. The quantitative estimate of drug-likeness (QED) is 0.668. The van der Waals surface area contributed by atoms with E-state index in [-0.39, 0.29) is 17.9 Å². The van der Waals surface area contributed by atoms with Crippen LogP contribution in [0.4, 0.5) is 10.1 Å². The number of nitrogens with zero attached hydrogens (tertiary/aromatic N) is 1. The third-order valence-electron chi connectivity index (χ3n) is 2.80. The molecule has 21 heavy (non-hydrogen) atoms. The summed E-state index contributed by atoms with van der Waals surface area (Å²) in [5.41, 5.74) is 0.0745. The normalized spacial score (nSPS) is 10.1. The van der Waals surface area contributed by atoms with Gasteiger partial charge in [0.05, 0.1) is 4.92 Å². The summed E-state index contributed by atoms with van der Waals surface area (Å²) in [6.45, 7) is 0.192. The molecule has 0 aliphatic carbocycles. The van der Waals surface area contributed by atoms with E-state index in [0.29, 0.717) is 0 Å². The van der Waals surface area contributed by atoms with Gasteiger partial charge < -0.3 is 10.4 Å². The molecule has 2 aromatic carbocycles. The minimum atomic E-state index is -1.06. The summed E-state index contributed by atoms with van der Waals surface area (Å²) in [5.74, 6) is -1.49. The van der Waals surface area contributed by atoms with E-state index in [2.05, 4.69) is 5.32 Å². The smallest absolute Gasteiger partial charge is 0.304 e. The van der Waals surface area contributed by atoms with Gasteiger partial charge in [-0.25, -0.2) is 0 Å². The van der Waals surface area contributed by atoms with Crippen molar-refractivity contribution in [3.05, 3.63) is 69.5 Å². The van der Waals surface area contributed by atoms with Crippen molar-refractivity contribution in [1.82, 2.24) is 5.32 Å². The fraction of sp³-hybridized carbons (Fsp3) is 0.0714. The molecule has 0 saturated carbocycles. The minimum absolute atomic E-state index is 0.00289. The van der Waals surface area contributed by atoms with Crippen molar-refractivity contribution in [2.75, 3.05) is 0 Å². The number of carbonyl (C=O) groups is 1. The number of hydrogen-bond donors (Lipinski definition) is 2. The van der Waals surface area contributed by atoms with E-state index in [9.17, 15) is 19.3 Å². The Kier molecular flexibility index (Phi) is 4.13. The summed E-state index contributed by atoms with van der Waals surface area (Å²) in [6, 6.07) is 9.18. The second kappa shape index (κ2) is 6.00. The first kappa shape index (κ1) is 14.4. The van der Waals surface area contributed by atoms with Crippen LogP contribution in [0.15, 0.2) is 42.5 Å². The van der Waals surface area contributed by atoms with Crippen LogP contribution in [0.3, 0.4) is 0 Å². The first-order valence-electron chi connectivity index (χ1n) is 5.97. The Hall–Kier alpha value is -2.96. The molecule has 2 N–H and O–H groups in total. The molecule has 6 nitrogen and oxygen atoms in total. The molecular formula is C14H11FN2O4. The summed E-state index contributed by atoms with van der Waals surface area (Å²) in [6.07, 6.45) is 0. The summed E-state index contributed by atoms with van der Waals surface area (Å²) in [4.78, 5) is 21.5. The van der Waals surface area contributed by atoms with Crippen molar-refractivity contribution in [2.45, 2.75) is 6.54 Å².